The van der Waals surface area contributed by atoms with Crippen LogP contribution in [0.5, 0.6) is 0 Å². The van der Waals surface area contributed by atoms with Crippen molar-refractivity contribution >= 4 is 55.7 Å². The molecule has 0 aliphatic heterocycles. The number of rotatable bonds is 4. The van der Waals surface area contributed by atoms with Crippen LogP contribution < -0.4 is 5.32 Å². The van der Waals surface area contributed by atoms with Gasteiger partial charge in [0.2, 0.25) is 5.89 Å². The van der Waals surface area contributed by atoms with Gasteiger partial charge in [0.25, 0.3) is 5.91 Å². The molecule has 30 heavy (non-hydrogen) atoms. The molecule has 152 valence electrons. The molecule has 0 spiro atoms. The maximum absolute atomic E-state index is 12.7. The molecule has 0 atom stereocenters. The Bertz CT molecular complexity index is 1360. The van der Waals surface area contributed by atoms with Crippen LogP contribution >= 0.6 is 23.2 Å². The first-order chi connectivity index (χ1) is 14.2. The molecule has 1 aromatic heterocycles. The largest absolute Gasteiger partial charge is 0.436 e. The molecule has 0 saturated heterocycles. The first kappa shape index (κ1) is 20.4. The maximum Gasteiger partial charge on any atom is 0.257 e. The van der Waals surface area contributed by atoms with Gasteiger partial charge in [-0.05, 0) is 48.5 Å². The molecular weight excluding hydrogens is 447 g/mol. The summed E-state index contributed by atoms with van der Waals surface area (Å²) >= 11 is 12.4. The van der Waals surface area contributed by atoms with Crippen LogP contribution in [0.15, 0.2) is 70.0 Å². The molecule has 0 fully saturated rings. The first-order valence-corrected chi connectivity index (χ1v) is 11.3. The van der Waals surface area contributed by atoms with E-state index in [1.807, 2.05) is 18.2 Å². The lowest BCUT2D eigenvalue weighted by Crippen LogP contribution is -2.13. The van der Waals surface area contributed by atoms with Gasteiger partial charge in [0.05, 0.1) is 26.1 Å². The fourth-order valence-electron chi connectivity index (χ4n) is 2.86. The van der Waals surface area contributed by atoms with Crippen LogP contribution in [-0.4, -0.2) is 25.6 Å². The van der Waals surface area contributed by atoms with E-state index in [4.69, 9.17) is 27.6 Å². The Kier molecular flexibility index (Phi) is 5.27. The molecule has 3 aromatic carbocycles. The zero-order valence-electron chi connectivity index (χ0n) is 15.5. The second-order valence-electron chi connectivity index (χ2n) is 6.55. The van der Waals surface area contributed by atoms with E-state index in [2.05, 4.69) is 10.3 Å². The van der Waals surface area contributed by atoms with Crippen molar-refractivity contribution in [2.24, 2.45) is 0 Å². The van der Waals surface area contributed by atoms with Gasteiger partial charge in [-0.3, -0.25) is 4.79 Å². The Hall–Kier alpha value is -2.87. The van der Waals surface area contributed by atoms with Crippen LogP contribution in [-0.2, 0) is 9.84 Å². The Labute approximate surface area is 182 Å². The van der Waals surface area contributed by atoms with Gasteiger partial charge >= 0.3 is 0 Å². The molecule has 9 heteroatoms. The number of hydrogen-bond donors (Lipinski definition) is 1. The number of sulfone groups is 1. The number of aromatic nitrogens is 1. The fourth-order valence-corrected chi connectivity index (χ4v) is 4.04. The lowest BCUT2D eigenvalue weighted by molar-refractivity contribution is 0.102. The monoisotopic (exact) mass is 460 g/mol. The average molecular weight is 461 g/mol. The molecule has 1 amide bonds. The number of para-hydroxylation sites is 2. The summed E-state index contributed by atoms with van der Waals surface area (Å²) in [6.07, 6.45) is 1.07. The number of fused-ring (bicyclic) bond motifs is 1. The van der Waals surface area contributed by atoms with Crippen LogP contribution in [0.2, 0.25) is 10.0 Å². The van der Waals surface area contributed by atoms with Gasteiger partial charge in [0, 0.05) is 11.9 Å². The number of nitrogens with zero attached hydrogens (tertiary/aromatic N) is 1. The van der Waals surface area contributed by atoms with E-state index in [0.29, 0.717) is 33.3 Å². The van der Waals surface area contributed by atoms with E-state index >= 15 is 0 Å². The maximum atomic E-state index is 12.7. The van der Waals surface area contributed by atoms with Gasteiger partial charge in [-0.2, -0.15) is 0 Å². The summed E-state index contributed by atoms with van der Waals surface area (Å²) in [4.78, 5) is 17.1. The summed E-state index contributed by atoms with van der Waals surface area (Å²) in [6, 6.07) is 16.2. The van der Waals surface area contributed by atoms with Gasteiger partial charge in [-0.1, -0.05) is 35.3 Å². The molecule has 0 aliphatic rings. The summed E-state index contributed by atoms with van der Waals surface area (Å²) in [7, 11) is -3.43. The number of carbonyl (C=O) groups is 1. The van der Waals surface area contributed by atoms with E-state index in [1.165, 1.54) is 18.2 Å². The highest BCUT2D eigenvalue weighted by Crippen LogP contribution is 2.32. The van der Waals surface area contributed by atoms with Crippen molar-refractivity contribution in [1.82, 2.24) is 4.98 Å². The number of halogens is 2. The summed E-state index contributed by atoms with van der Waals surface area (Å²) < 4.78 is 29.0. The minimum Gasteiger partial charge on any atom is -0.436 e. The van der Waals surface area contributed by atoms with Crippen molar-refractivity contribution in [3.63, 3.8) is 0 Å². The van der Waals surface area contributed by atoms with Gasteiger partial charge in [-0.25, -0.2) is 13.4 Å². The standard InChI is InChI=1S/C21H14Cl2N2O4S/c1-30(27,28)13-7-8-14(17(23)11-13)20(26)24-12-6-9-16(22)15(10-12)21-25-18-4-2-3-5-19(18)29-21/h2-11H,1H3,(H,24,26). The zero-order valence-corrected chi connectivity index (χ0v) is 17.8. The lowest BCUT2D eigenvalue weighted by Gasteiger charge is -2.09. The second kappa shape index (κ2) is 7.75. The van der Waals surface area contributed by atoms with Crippen LogP contribution in [0.4, 0.5) is 5.69 Å². The third-order valence-corrected chi connectivity index (χ3v) is 6.11. The molecule has 0 radical (unpaired) electrons. The van der Waals surface area contributed by atoms with Crippen molar-refractivity contribution in [2.75, 3.05) is 11.6 Å². The van der Waals surface area contributed by atoms with E-state index in [0.717, 1.165) is 6.26 Å². The van der Waals surface area contributed by atoms with Crippen LogP contribution in [0.25, 0.3) is 22.6 Å². The number of amides is 1. The molecule has 0 unspecified atom stereocenters. The summed E-state index contributed by atoms with van der Waals surface area (Å²) in [5, 5.41) is 3.17. The Morgan fingerprint density at radius 2 is 1.77 bits per heavy atom. The molecule has 6 nitrogen and oxygen atoms in total. The van der Waals surface area contributed by atoms with E-state index in [9.17, 15) is 13.2 Å². The smallest absolute Gasteiger partial charge is 0.257 e. The van der Waals surface area contributed by atoms with Crippen molar-refractivity contribution in [3.05, 3.63) is 76.3 Å². The molecular formula is C21H14Cl2N2O4S. The minimum absolute atomic E-state index is 0.0311. The van der Waals surface area contributed by atoms with E-state index in [1.54, 1.807) is 24.3 Å². The van der Waals surface area contributed by atoms with Crippen LogP contribution in [0, 0.1) is 0 Å². The summed E-state index contributed by atoms with van der Waals surface area (Å²) in [5.74, 6) is -0.168. The third-order valence-electron chi connectivity index (χ3n) is 4.36. The van der Waals surface area contributed by atoms with Crippen LogP contribution in [0.1, 0.15) is 10.4 Å². The summed E-state index contributed by atoms with van der Waals surface area (Å²) in [5.41, 5.74) is 2.42. The highest BCUT2D eigenvalue weighted by atomic mass is 35.5. The number of hydrogen-bond acceptors (Lipinski definition) is 5. The molecule has 1 N–H and O–H groups in total. The molecule has 4 aromatic rings. The SMILES string of the molecule is CS(=O)(=O)c1ccc(C(=O)Nc2ccc(Cl)c(-c3nc4ccccc4o3)c2)c(Cl)c1. The van der Waals surface area contributed by atoms with Crippen molar-refractivity contribution in [3.8, 4) is 11.5 Å². The minimum atomic E-state index is -3.43. The molecule has 0 aliphatic carbocycles. The zero-order chi connectivity index (χ0) is 21.5. The molecule has 0 bridgehead atoms. The number of benzene rings is 3. The number of oxazole rings is 1. The van der Waals surface area contributed by atoms with Gasteiger partial charge in [0.15, 0.2) is 15.4 Å². The third kappa shape index (κ3) is 4.05. The Balaban J connectivity index is 1.64. The molecule has 0 saturated carbocycles. The Morgan fingerprint density at radius 1 is 1.00 bits per heavy atom. The van der Waals surface area contributed by atoms with Gasteiger partial charge < -0.3 is 9.73 Å². The lowest BCUT2D eigenvalue weighted by atomic mass is 10.1. The van der Waals surface area contributed by atoms with Crippen molar-refractivity contribution in [1.29, 1.82) is 0 Å². The predicted octanol–water partition coefficient (Wildman–Crippen LogP) is 5.46. The van der Waals surface area contributed by atoms with E-state index < -0.39 is 15.7 Å². The fraction of sp³-hybridized carbons (Fsp3) is 0.0476. The first-order valence-electron chi connectivity index (χ1n) is 8.69. The normalized spacial score (nSPS) is 11.6. The van der Waals surface area contributed by atoms with E-state index in [-0.39, 0.29) is 15.5 Å². The quantitative estimate of drug-likeness (QED) is 0.436. The highest BCUT2D eigenvalue weighted by Gasteiger charge is 2.17. The molecule has 4 rings (SSSR count). The highest BCUT2D eigenvalue weighted by molar-refractivity contribution is 7.90. The van der Waals surface area contributed by atoms with Crippen LogP contribution in [0.3, 0.4) is 0 Å². The summed E-state index contributed by atoms with van der Waals surface area (Å²) in [6.45, 7) is 0. The molecule has 1 heterocycles. The topological polar surface area (TPSA) is 89.3 Å². The van der Waals surface area contributed by atoms with Gasteiger partial charge in [0.1, 0.15) is 5.52 Å². The number of carbonyl (C=O) groups excluding carboxylic acids is 1. The second-order valence-corrected chi connectivity index (χ2v) is 9.38. The predicted molar refractivity (Wildman–Crippen MR) is 117 cm³/mol. The van der Waals surface area contributed by atoms with Gasteiger partial charge in [-0.15, -0.1) is 0 Å². The Morgan fingerprint density at radius 3 is 2.47 bits per heavy atom. The number of anilines is 1. The van der Waals surface area contributed by atoms with Crippen molar-refractivity contribution in [2.45, 2.75) is 4.90 Å². The average Bonchev–Trinajstić information content (AvgIpc) is 3.12. The number of nitrogens with one attached hydrogen (secondary N) is 1. The van der Waals surface area contributed by atoms with Crippen molar-refractivity contribution < 1.29 is 17.6 Å².